The molecule has 0 unspecified atom stereocenters. The predicted octanol–water partition coefficient (Wildman–Crippen LogP) is 3.08. The van der Waals surface area contributed by atoms with E-state index in [-0.39, 0.29) is 24.2 Å². The fourth-order valence-electron chi connectivity index (χ4n) is 1.36. The Hall–Kier alpha value is 0.190. The summed E-state index contributed by atoms with van der Waals surface area (Å²) in [5, 5.41) is 9.81. The third-order valence-electron chi connectivity index (χ3n) is 2.18. The highest BCUT2D eigenvalue weighted by Crippen LogP contribution is 2.35. The fourth-order valence-corrected chi connectivity index (χ4v) is 2.62. The molecular weight excluding hydrogens is 359 g/mol. The maximum absolute atomic E-state index is 9.81. The molecule has 6 heteroatoms. The molecule has 92 valence electrons. The van der Waals surface area contributed by atoms with Gasteiger partial charge in [-0.2, -0.15) is 0 Å². The van der Waals surface area contributed by atoms with Gasteiger partial charge in [-0.3, -0.25) is 0 Å². The Labute approximate surface area is 118 Å². The van der Waals surface area contributed by atoms with Crippen molar-refractivity contribution < 1.29 is 5.11 Å². The van der Waals surface area contributed by atoms with Crippen LogP contribution < -0.4 is 11.5 Å². The maximum atomic E-state index is 9.81. The first-order valence-corrected chi connectivity index (χ1v) is 6.28. The molecular formula is C10H15Br2ClN2O. The molecule has 1 atom stereocenters. The Bertz CT molecular complexity index is 350. The number of benzene rings is 1. The molecule has 5 N–H and O–H groups in total. The molecule has 0 aliphatic rings. The van der Waals surface area contributed by atoms with Crippen LogP contribution in [0.1, 0.15) is 24.4 Å². The minimum atomic E-state index is -0.178. The summed E-state index contributed by atoms with van der Waals surface area (Å²) in [5.41, 5.74) is 12.1. The molecule has 3 nitrogen and oxygen atoms in total. The number of phenols is 1. The van der Waals surface area contributed by atoms with Crippen LogP contribution in [0.3, 0.4) is 0 Å². The first-order chi connectivity index (χ1) is 7.06. The van der Waals surface area contributed by atoms with E-state index in [2.05, 4.69) is 31.9 Å². The molecule has 0 aliphatic heterocycles. The minimum absolute atomic E-state index is 0. The van der Waals surface area contributed by atoms with Crippen molar-refractivity contribution >= 4 is 44.3 Å². The molecule has 0 fully saturated rings. The van der Waals surface area contributed by atoms with Crippen molar-refractivity contribution in [1.82, 2.24) is 0 Å². The molecule has 0 bridgehead atoms. The lowest BCUT2D eigenvalue weighted by atomic mass is 10.0. The summed E-state index contributed by atoms with van der Waals surface area (Å²) < 4.78 is 1.54. The zero-order chi connectivity index (χ0) is 11.4. The van der Waals surface area contributed by atoms with Crippen molar-refractivity contribution in [3.05, 3.63) is 26.6 Å². The number of nitrogens with two attached hydrogens (primary N) is 2. The highest BCUT2D eigenvalue weighted by molar-refractivity contribution is 9.11. The zero-order valence-corrected chi connectivity index (χ0v) is 12.6. The molecule has 0 aliphatic carbocycles. The van der Waals surface area contributed by atoms with Crippen molar-refractivity contribution in [3.63, 3.8) is 0 Å². The van der Waals surface area contributed by atoms with Crippen molar-refractivity contribution in [1.29, 1.82) is 0 Å². The molecule has 0 saturated carbocycles. The van der Waals surface area contributed by atoms with E-state index in [1.165, 1.54) is 0 Å². The molecule has 0 heterocycles. The van der Waals surface area contributed by atoms with Gasteiger partial charge in [0.2, 0.25) is 0 Å². The van der Waals surface area contributed by atoms with Gasteiger partial charge in [0.25, 0.3) is 0 Å². The number of hydrogen-bond acceptors (Lipinski definition) is 3. The smallest absolute Gasteiger partial charge is 0.134 e. The van der Waals surface area contributed by atoms with E-state index in [4.69, 9.17) is 11.5 Å². The van der Waals surface area contributed by atoms with Gasteiger partial charge >= 0.3 is 0 Å². The third-order valence-corrected chi connectivity index (χ3v) is 3.24. The van der Waals surface area contributed by atoms with E-state index in [1.807, 2.05) is 6.07 Å². The molecule has 1 rings (SSSR count). The average molecular weight is 375 g/mol. The highest BCUT2D eigenvalue weighted by atomic mass is 79.9. The lowest BCUT2D eigenvalue weighted by molar-refractivity contribution is 0.454. The summed E-state index contributed by atoms with van der Waals surface area (Å²) in [7, 11) is 0. The third kappa shape index (κ3) is 4.22. The molecule has 0 saturated heterocycles. The summed E-state index contributed by atoms with van der Waals surface area (Å²) in [4.78, 5) is 0. The molecule has 0 radical (unpaired) electrons. The first kappa shape index (κ1) is 16.2. The number of hydrogen-bond donors (Lipinski definition) is 3. The van der Waals surface area contributed by atoms with Crippen molar-refractivity contribution in [2.24, 2.45) is 11.5 Å². The Morgan fingerprint density at radius 2 is 1.94 bits per heavy atom. The van der Waals surface area contributed by atoms with Crippen LogP contribution in [0.2, 0.25) is 0 Å². The van der Waals surface area contributed by atoms with Crippen LogP contribution in [0, 0.1) is 0 Å². The Morgan fingerprint density at radius 1 is 1.31 bits per heavy atom. The van der Waals surface area contributed by atoms with Gasteiger partial charge in [-0.1, -0.05) is 15.9 Å². The quantitative estimate of drug-likeness (QED) is 0.758. The second-order valence-electron chi connectivity index (χ2n) is 3.36. The minimum Gasteiger partial charge on any atom is -0.506 e. The SMILES string of the molecule is Cl.NCCC[C@H](N)c1cc(Br)cc(Br)c1O. The summed E-state index contributed by atoms with van der Waals surface area (Å²) in [6.45, 7) is 0.615. The van der Waals surface area contributed by atoms with Gasteiger partial charge < -0.3 is 16.6 Å². The van der Waals surface area contributed by atoms with Gasteiger partial charge in [0.1, 0.15) is 5.75 Å². The summed E-state index contributed by atoms with van der Waals surface area (Å²) in [6, 6.07) is 3.44. The van der Waals surface area contributed by atoms with Crippen LogP contribution in [0.15, 0.2) is 21.1 Å². The van der Waals surface area contributed by atoms with Crippen LogP contribution in [0.5, 0.6) is 5.75 Å². The molecule has 0 aromatic heterocycles. The van der Waals surface area contributed by atoms with Gasteiger partial charge in [-0.05, 0) is 47.4 Å². The van der Waals surface area contributed by atoms with E-state index in [1.54, 1.807) is 6.07 Å². The first-order valence-electron chi connectivity index (χ1n) is 4.69. The highest BCUT2D eigenvalue weighted by Gasteiger charge is 2.13. The lowest BCUT2D eigenvalue weighted by Crippen LogP contribution is -2.12. The number of rotatable bonds is 4. The van der Waals surface area contributed by atoms with Gasteiger partial charge in [-0.25, -0.2) is 0 Å². The number of halogens is 3. The number of aromatic hydroxyl groups is 1. The van der Waals surface area contributed by atoms with Crippen LogP contribution in [-0.4, -0.2) is 11.7 Å². The largest absolute Gasteiger partial charge is 0.506 e. The van der Waals surface area contributed by atoms with E-state index in [0.717, 1.165) is 22.9 Å². The lowest BCUT2D eigenvalue weighted by Gasteiger charge is -2.14. The standard InChI is InChI=1S/C10H14Br2N2O.ClH/c11-6-4-7(9(14)2-1-3-13)10(15)8(12)5-6;/h4-5,9,15H,1-3,13-14H2;1H/t9-;/m0./s1. The van der Waals surface area contributed by atoms with E-state index >= 15 is 0 Å². The van der Waals surface area contributed by atoms with Crippen LogP contribution in [0.4, 0.5) is 0 Å². The van der Waals surface area contributed by atoms with E-state index in [0.29, 0.717) is 11.0 Å². The molecule has 1 aromatic rings. The normalized spacial score (nSPS) is 12.0. The van der Waals surface area contributed by atoms with Crippen molar-refractivity contribution in [2.45, 2.75) is 18.9 Å². The molecule has 16 heavy (non-hydrogen) atoms. The van der Waals surface area contributed by atoms with Crippen LogP contribution in [0.25, 0.3) is 0 Å². The predicted molar refractivity (Wildman–Crippen MR) is 76.0 cm³/mol. The zero-order valence-electron chi connectivity index (χ0n) is 8.62. The Kier molecular flexibility index (Phi) is 7.59. The topological polar surface area (TPSA) is 72.3 Å². The van der Waals surface area contributed by atoms with Gasteiger partial charge in [0.05, 0.1) is 4.47 Å². The summed E-state index contributed by atoms with van der Waals surface area (Å²) in [6.07, 6.45) is 1.62. The number of phenolic OH excluding ortho intramolecular Hbond substituents is 1. The average Bonchev–Trinajstić information content (AvgIpc) is 2.19. The van der Waals surface area contributed by atoms with E-state index < -0.39 is 0 Å². The maximum Gasteiger partial charge on any atom is 0.134 e. The van der Waals surface area contributed by atoms with Gasteiger partial charge in [0, 0.05) is 16.1 Å². The molecule has 0 amide bonds. The molecule has 1 aromatic carbocycles. The second kappa shape index (κ2) is 7.50. The van der Waals surface area contributed by atoms with Crippen LogP contribution in [-0.2, 0) is 0 Å². The second-order valence-corrected chi connectivity index (χ2v) is 5.13. The van der Waals surface area contributed by atoms with Crippen molar-refractivity contribution in [3.8, 4) is 5.75 Å². The Morgan fingerprint density at radius 3 is 2.50 bits per heavy atom. The summed E-state index contributed by atoms with van der Waals surface area (Å²) in [5.74, 6) is 0.211. The van der Waals surface area contributed by atoms with Gasteiger partial charge in [0.15, 0.2) is 0 Å². The van der Waals surface area contributed by atoms with E-state index in [9.17, 15) is 5.11 Å². The molecule has 0 spiro atoms. The Balaban J connectivity index is 0.00000225. The fraction of sp³-hybridized carbons (Fsp3) is 0.400. The monoisotopic (exact) mass is 372 g/mol. The summed E-state index contributed by atoms with van der Waals surface area (Å²) >= 11 is 6.64. The van der Waals surface area contributed by atoms with Crippen LogP contribution >= 0.6 is 44.3 Å². The van der Waals surface area contributed by atoms with Crippen molar-refractivity contribution in [2.75, 3.05) is 6.54 Å². The van der Waals surface area contributed by atoms with Gasteiger partial charge in [-0.15, -0.1) is 12.4 Å².